The highest BCUT2D eigenvalue weighted by Crippen LogP contribution is 2.28. The van der Waals surface area contributed by atoms with Gasteiger partial charge in [0.15, 0.2) is 11.5 Å². The quantitative estimate of drug-likeness (QED) is 0.796. The summed E-state index contributed by atoms with van der Waals surface area (Å²) in [5, 5.41) is 6.64. The van der Waals surface area contributed by atoms with Gasteiger partial charge in [0.25, 0.3) is 5.91 Å². The number of anilines is 1. The Kier molecular flexibility index (Phi) is 3.83. The fourth-order valence-electron chi connectivity index (χ4n) is 3.04. The molecule has 5 heteroatoms. The third kappa shape index (κ3) is 2.93. The second kappa shape index (κ2) is 6.28. The van der Waals surface area contributed by atoms with Crippen LogP contribution in [0, 0.1) is 0 Å². The molecule has 0 saturated carbocycles. The van der Waals surface area contributed by atoms with Gasteiger partial charge in [-0.05, 0) is 55.0 Å². The van der Waals surface area contributed by atoms with Gasteiger partial charge < -0.3 is 9.84 Å². The zero-order valence-electron chi connectivity index (χ0n) is 13.2. The summed E-state index contributed by atoms with van der Waals surface area (Å²) in [7, 11) is 0. The van der Waals surface area contributed by atoms with Crippen LogP contribution in [0.1, 0.15) is 34.5 Å². The summed E-state index contributed by atoms with van der Waals surface area (Å²) in [5.74, 6) is 0.302. The molecule has 0 radical (unpaired) electrons. The lowest BCUT2D eigenvalue weighted by Crippen LogP contribution is -2.12. The number of amides is 1. The van der Waals surface area contributed by atoms with Crippen LogP contribution in [0.15, 0.2) is 53.3 Å². The molecule has 0 bridgehead atoms. The average Bonchev–Trinajstić information content (AvgIpc) is 3.12. The summed E-state index contributed by atoms with van der Waals surface area (Å²) in [6, 6.07) is 11.6. The number of hydrogen-bond donors (Lipinski definition) is 1. The Balaban J connectivity index is 1.55. The van der Waals surface area contributed by atoms with E-state index in [9.17, 15) is 4.79 Å². The number of nitrogens with one attached hydrogen (secondary N) is 1. The first-order chi connectivity index (χ1) is 11.8. The molecular formula is C19H17N3O2. The van der Waals surface area contributed by atoms with Crippen molar-refractivity contribution < 1.29 is 9.32 Å². The smallest absolute Gasteiger partial charge is 0.277 e. The van der Waals surface area contributed by atoms with Gasteiger partial charge >= 0.3 is 0 Å². The topological polar surface area (TPSA) is 68.0 Å². The van der Waals surface area contributed by atoms with Gasteiger partial charge in [-0.25, -0.2) is 0 Å². The Labute approximate surface area is 139 Å². The summed E-state index contributed by atoms with van der Waals surface area (Å²) >= 11 is 0. The standard InChI is InChI=1S/C19H17N3O2/c23-19(21-16-6-3-9-20-12-16)17-11-18(24-22-17)15-8-7-13-4-1-2-5-14(13)10-15/h3,6-12H,1-2,4-5H2,(H,21,23). The normalized spacial score (nSPS) is 13.3. The van der Waals surface area contributed by atoms with Crippen LogP contribution in [0.5, 0.6) is 0 Å². The number of benzene rings is 1. The molecule has 1 aliphatic rings. The predicted molar refractivity (Wildman–Crippen MR) is 90.8 cm³/mol. The number of aromatic nitrogens is 2. The van der Waals surface area contributed by atoms with E-state index in [2.05, 4.69) is 27.6 Å². The van der Waals surface area contributed by atoms with Gasteiger partial charge in [-0.1, -0.05) is 17.3 Å². The van der Waals surface area contributed by atoms with Gasteiger partial charge in [-0.2, -0.15) is 0 Å². The van der Waals surface area contributed by atoms with E-state index >= 15 is 0 Å². The first kappa shape index (κ1) is 14.6. The second-order valence-corrected chi connectivity index (χ2v) is 5.96. The molecule has 0 aliphatic heterocycles. The largest absolute Gasteiger partial charge is 0.355 e. The maximum Gasteiger partial charge on any atom is 0.277 e. The molecule has 0 atom stereocenters. The summed E-state index contributed by atoms with van der Waals surface area (Å²) in [5.41, 5.74) is 4.63. The van der Waals surface area contributed by atoms with Crippen LogP contribution in [-0.4, -0.2) is 16.0 Å². The monoisotopic (exact) mass is 319 g/mol. The molecule has 0 spiro atoms. The zero-order chi connectivity index (χ0) is 16.4. The van der Waals surface area contributed by atoms with Gasteiger partial charge in [0.2, 0.25) is 0 Å². The lowest BCUT2D eigenvalue weighted by atomic mass is 9.90. The van der Waals surface area contributed by atoms with Gasteiger partial charge in [-0.15, -0.1) is 0 Å². The molecule has 2 heterocycles. The minimum absolute atomic E-state index is 0.256. The van der Waals surface area contributed by atoms with Crippen LogP contribution >= 0.6 is 0 Å². The fourth-order valence-corrected chi connectivity index (χ4v) is 3.04. The Bertz CT molecular complexity index is 871. The number of pyridine rings is 1. The van der Waals surface area contributed by atoms with Crippen LogP contribution in [0.25, 0.3) is 11.3 Å². The Morgan fingerprint density at radius 3 is 2.79 bits per heavy atom. The molecule has 4 rings (SSSR count). The molecule has 1 aromatic carbocycles. The lowest BCUT2D eigenvalue weighted by molar-refractivity contribution is 0.101. The second-order valence-electron chi connectivity index (χ2n) is 5.96. The molecule has 0 fully saturated rings. The molecule has 5 nitrogen and oxygen atoms in total. The van der Waals surface area contributed by atoms with Gasteiger partial charge in [-0.3, -0.25) is 9.78 Å². The third-order valence-corrected chi connectivity index (χ3v) is 4.30. The van der Waals surface area contributed by atoms with Crippen molar-refractivity contribution in [1.82, 2.24) is 10.1 Å². The Morgan fingerprint density at radius 2 is 1.96 bits per heavy atom. The highest BCUT2D eigenvalue weighted by molar-refractivity contribution is 6.03. The number of carbonyl (C=O) groups is 1. The molecule has 0 unspecified atom stereocenters. The van der Waals surface area contributed by atoms with Crippen molar-refractivity contribution in [2.75, 3.05) is 5.32 Å². The van der Waals surface area contributed by atoms with Crippen molar-refractivity contribution in [2.45, 2.75) is 25.7 Å². The van der Waals surface area contributed by atoms with Crippen molar-refractivity contribution in [3.63, 3.8) is 0 Å². The van der Waals surface area contributed by atoms with Crippen molar-refractivity contribution in [3.05, 3.63) is 65.6 Å². The summed E-state index contributed by atoms with van der Waals surface area (Å²) < 4.78 is 5.37. The van der Waals surface area contributed by atoms with Gasteiger partial charge in [0.05, 0.1) is 11.9 Å². The minimum atomic E-state index is -0.309. The number of rotatable bonds is 3. The van der Waals surface area contributed by atoms with Crippen LogP contribution in [0.4, 0.5) is 5.69 Å². The van der Waals surface area contributed by atoms with Crippen LogP contribution in [0.2, 0.25) is 0 Å². The van der Waals surface area contributed by atoms with Gasteiger partial charge in [0, 0.05) is 17.8 Å². The highest BCUT2D eigenvalue weighted by atomic mass is 16.5. The van der Waals surface area contributed by atoms with Crippen LogP contribution < -0.4 is 5.32 Å². The molecule has 1 amide bonds. The molecular weight excluding hydrogens is 302 g/mol. The zero-order valence-corrected chi connectivity index (χ0v) is 13.2. The maximum atomic E-state index is 12.2. The van der Waals surface area contributed by atoms with Crippen molar-refractivity contribution in [3.8, 4) is 11.3 Å². The Hall–Kier alpha value is -2.95. The number of aryl methyl sites for hydroxylation is 2. The van der Waals surface area contributed by atoms with E-state index in [0.717, 1.165) is 18.4 Å². The van der Waals surface area contributed by atoms with E-state index in [1.165, 1.54) is 24.0 Å². The van der Waals surface area contributed by atoms with Crippen molar-refractivity contribution in [2.24, 2.45) is 0 Å². The Morgan fingerprint density at radius 1 is 1.08 bits per heavy atom. The maximum absolute atomic E-state index is 12.2. The fraction of sp³-hybridized carbons (Fsp3) is 0.211. The summed E-state index contributed by atoms with van der Waals surface area (Å²) in [6.45, 7) is 0. The number of fused-ring (bicyclic) bond motifs is 1. The molecule has 24 heavy (non-hydrogen) atoms. The van der Waals surface area contributed by atoms with E-state index in [1.807, 2.05) is 6.07 Å². The average molecular weight is 319 g/mol. The lowest BCUT2D eigenvalue weighted by Gasteiger charge is -2.15. The molecule has 1 N–H and O–H groups in total. The summed E-state index contributed by atoms with van der Waals surface area (Å²) in [6.07, 6.45) is 7.97. The van der Waals surface area contributed by atoms with E-state index in [0.29, 0.717) is 11.4 Å². The number of nitrogens with zero attached hydrogens (tertiary/aromatic N) is 2. The molecule has 3 aromatic rings. The molecule has 120 valence electrons. The minimum Gasteiger partial charge on any atom is -0.355 e. The number of hydrogen-bond acceptors (Lipinski definition) is 4. The van der Waals surface area contributed by atoms with Crippen molar-refractivity contribution >= 4 is 11.6 Å². The van der Waals surface area contributed by atoms with Crippen molar-refractivity contribution in [1.29, 1.82) is 0 Å². The summed E-state index contributed by atoms with van der Waals surface area (Å²) in [4.78, 5) is 16.2. The van der Waals surface area contributed by atoms with Crippen LogP contribution in [-0.2, 0) is 12.8 Å². The predicted octanol–water partition coefficient (Wildman–Crippen LogP) is 3.87. The first-order valence-electron chi connectivity index (χ1n) is 8.10. The van der Waals surface area contributed by atoms with E-state index in [1.54, 1.807) is 30.6 Å². The third-order valence-electron chi connectivity index (χ3n) is 4.30. The first-order valence-corrected chi connectivity index (χ1v) is 8.10. The van der Waals surface area contributed by atoms with E-state index < -0.39 is 0 Å². The highest BCUT2D eigenvalue weighted by Gasteiger charge is 2.16. The van der Waals surface area contributed by atoms with E-state index in [-0.39, 0.29) is 11.6 Å². The SMILES string of the molecule is O=C(Nc1cccnc1)c1cc(-c2ccc3c(c2)CCCC3)on1. The molecule has 1 aliphatic carbocycles. The number of carbonyl (C=O) groups excluding carboxylic acids is 1. The van der Waals surface area contributed by atoms with Gasteiger partial charge in [0.1, 0.15) is 0 Å². The van der Waals surface area contributed by atoms with E-state index in [4.69, 9.17) is 4.52 Å². The molecule has 0 saturated heterocycles. The molecule has 2 aromatic heterocycles. The van der Waals surface area contributed by atoms with Crippen LogP contribution in [0.3, 0.4) is 0 Å².